The van der Waals surface area contributed by atoms with Gasteiger partial charge in [0.15, 0.2) is 0 Å². The van der Waals surface area contributed by atoms with Gasteiger partial charge in [-0.3, -0.25) is 4.90 Å². The third-order valence-electron chi connectivity index (χ3n) is 4.02. The van der Waals surface area contributed by atoms with E-state index in [4.69, 9.17) is 0 Å². The molecule has 1 N–H and O–H groups in total. The lowest BCUT2D eigenvalue weighted by Gasteiger charge is -2.36. The molecule has 0 fully saturated rings. The van der Waals surface area contributed by atoms with Crippen LogP contribution in [0.15, 0.2) is 18.2 Å². The maximum absolute atomic E-state index is 13.9. The smallest absolute Gasteiger partial charge is 0.123 e. The van der Waals surface area contributed by atoms with Crippen LogP contribution < -0.4 is 0 Å². The summed E-state index contributed by atoms with van der Waals surface area (Å²) in [5.74, 6) is -0.209. The molecule has 2 heterocycles. The number of H-pyrrole nitrogens is 1. The normalized spacial score (nSPS) is 20.4. The van der Waals surface area contributed by atoms with Crippen molar-refractivity contribution in [2.75, 3.05) is 6.54 Å². The summed E-state index contributed by atoms with van der Waals surface area (Å²) in [4.78, 5) is 5.50. The molecule has 0 aliphatic carbocycles. The molecule has 0 radical (unpaired) electrons. The molecule has 0 saturated heterocycles. The molecule has 1 aromatic carbocycles. The van der Waals surface area contributed by atoms with Gasteiger partial charge in [-0.15, -0.1) is 0 Å². The summed E-state index contributed by atoms with van der Waals surface area (Å²) in [6.07, 6.45) is 0.828. The van der Waals surface area contributed by atoms with Crippen LogP contribution in [0.4, 0.5) is 8.78 Å². The molecule has 1 aliphatic rings. The zero-order chi connectivity index (χ0) is 14.5. The predicted octanol–water partition coefficient (Wildman–Crippen LogP) is 3.80. The average Bonchev–Trinajstić information content (AvgIpc) is 2.65. The zero-order valence-corrected chi connectivity index (χ0v) is 12.1. The number of halogens is 2. The summed E-state index contributed by atoms with van der Waals surface area (Å²) in [6.45, 7) is 6.43. The second-order valence-corrected chi connectivity index (χ2v) is 6.45. The van der Waals surface area contributed by atoms with Gasteiger partial charge in [0.1, 0.15) is 11.5 Å². The Bertz CT molecular complexity index is 640. The number of alkyl halides is 1. The van der Waals surface area contributed by atoms with E-state index in [9.17, 15) is 8.78 Å². The van der Waals surface area contributed by atoms with Crippen LogP contribution in [-0.4, -0.2) is 28.1 Å². The molecule has 2 aromatic rings. The Morgan fingerprint density at radius 3 is 2.85 bits per heavy atom. The highest BCUT2D eigenvalue weighted by Crippen LogP contribution is 2.31. The number of nitrogens with zero attached hydrogens (tertiary/aromatic N) is 1. The molecule has 1 aromatic heterocycles. The average molecular weight is 278 g/mol. The topological polar surface area (TPSA) is 19.0 Å². The summed E-state index contributed by atoms with van der Waals surface area (Å²) in [5, 5.41) is 0.964. The Morgan fingerprint density at radius 1 is 1.40 bits per heavy atom. The van der Waals surface area contributed by atoms with Gasteiger partial charge in [0.2, 0.25) is 0 Å². The van der Waals surface area contributed by atoms with Crippen molar-refractivity contribution >= 4 is 10.9 Å². The minimum atomic E-state index is -1.20. The number of hydrogen-bond acceptors (Lipinski definition) is 1. The fourth-order valence-electron chi connectivity index (χ4n) is 3.12. The first-order chi connectivity index (χ1) is 9.33. The Morgan fingerprint density at radius 2 is 2.15 bits per heavy atom. The van der Waals surface area contributed by atoms with E-state index in [-0.39, 0.29) is 11.9 Å². The standard InChI is InChI=1S/C16H20F2N2/c1-10-6-12-13-7-11(17)4-5-14(13)19-15(12)8-20(10)9-16(2,3)18/h4-5,7,10,19H,6,8-9H2,1-3H3/t10-/m1/s1. The van der Waals surface area contributed by atoms with E-state index in [1.165, 1.54) is 11.6 Å². The monoisotopic (exact) mass is 278 g/mol. The minimum Gasteiger partial charge on any atom is -0.357 e. The second kappa shape index (κ2) is 4.55. The van der Waals surface area contributed by atoms with Crippen molar-refractivity contribution in [3.05, 3.63) is 35.3 Å². The van der Waals surface area contributed by atoms with Crippen molar-refractivity contribution < 1.29 is 8.78 Å². The largest absolute Gasteiger partial charge is 0.357 e. The Kier molecular flexibility index (Phi) is 3.09. The maximum atomic E-state index is 13.9. The number of aromatic nitrogens is 1. The van der Waals surface area contributed by atoms with E-state index in [0.717, 1.165) is 23.0 Å². The zero-order valence-electron chi connectivity index (χ0n) is 12.1. The van der Waals surface area contributed by atoms with Crippen LogP contribution in [0.5, 0.6) is 0 Å². The molecule has 0 saturated carbocycles. The van der Waals surface area contributed by atoms with Gasteiger partial charge in [0.25, 0.3) is 0 Å². The molecule has 2 nitrogen and oxygen atoms in total. The quantitative estimate of drug-likeness (QED) is 0.885. The van der Waals surface area contributed by atoms with Gasteiger partial charge >= 0.3 is 0 Å². The van der Waals surface area contributed by atoms with Crippen LogP contribution in [-0.2, 0) is 13.0 Å². The van der Waals surface area contributed by atoms with Crippen molar-refractivity contribution in [2.45, 2.75) is 45.4 Å². The minimum absolute atomic E-state index is 0.209. The van der Waals surface area contributed by atoms with Crippen LogP contribution in [0.2, 0.25) is 0 Å². The van der Waals surface area contributed by atoms with Gasteiger partial charge in [0, 0.05) is 35.7 Å². The molecule has 1 aliphatic heterocycles. The highest BCUT2D eigenvalue weighted by molar-refractivity contribution is 5.85. The van der Waals surface area contributed by atoms with Crippen LogP contribution in [0.25, 0.3) is 10.9 Å². The molecule has 4 heteroatoms. The van der Waals surface area contributed by atoms with Crippen LogP contribution in [0, 0.1) is 5.82 Å². The Hall–Kier alpha value is -1.42. The van der Waals surface area contributed by atoms with E-state index in [1.807, 2.05) is 0 Å². The van der Waals surface area contributed by atoms with Crippen molar-refractivity contribution in [1.29, 1.82) is 0 Å². The van der Waals surface area contributed by atoms with Gasteiger partial charge < -0.3 is 4.98 Å². The number of benzene rings is 1. The number of nitrogens with one attached hydrogen (secondary N) is 1. The summed E-state index contributed by atoms with van der Waals surface area (Å²) in [5.41, 5.74) is 2.03. The second-order valence-electron chi connectivity index (χ2n) is 6.45. The van der Waals surface area contributed by atoms with Gasteiger partial charge in [-0.2, -0.15) is 0 Å². The molecule has 20 heavy (non-hydrogen) atoms. The highest BCUT2D eigenvalue weighted by atomic mass is 19.1. The maximum Gasteiger partial charge on any atom is 0.123 e. The van der Waals surface area contributed by atoms with Gasteiger partial charge in [0.05, 0.1) is 0 Å². The molecule has 108 valence electrons. The van der Waals surface area contributed by atoms with Crippen LogP contribution in [0.1, 0.15) is 32.0 Å². The molecule has 1 atom stereocenters. The first-order valence-corrected chi connectivity index (χ1v) is 7.05. The summed E-state index contributed by atoms with van der Waals surface area (Å²) in [7, 11) is 0. The third-order valence-corrected chi connectivity index (χ3v) is 4.02. The van der Waals surface area contributed by atoms with Gasteiger partial charge in [-0.1, -0.05) is 0 Å². The third kappa shape index (κ3) is 2.44. The van der Waals surface area contributed by atoms with Crippen LogP contribution in [0.3, 0.4) is 0 Å². The fraction of sp³-hybridized carbons (Fsp3) is 0.500. The predicted molar refractivity (Wildman–Crippen MR) is 77.0 cm³/mol. The van der Waals surface area contributed by atoms with Crippen molar-refractivity contribution in [1.82, 2.24) is 9.88 Å². The molecule has 0 spiro atoms. The number of hydrogen-bond donors (Lipinski definition) is 1. The number of aromatic amines is 1. The summed E-state index contributed by atoms with van der Waals surface area (Å²) in [6, 6.07) is 5.10. The van der Waals surface area contributed by atoms with Crippen molar-refractivity contribution in [3.63, 3.8) is 0 Å². The van der Waals surface area contributed by atoms with E-state index >= 15 is 0 Å². The summed E-state index contributed by atoms with van der Waals surface area (Å²) < 4.78 is 27.3. The molecule has 0 amide bonds. The first-order valence-electron chi connectivity index (χ1n) is 7.05. The summed E-state index contributed by atoms with van der Waals surface area (Å²) >= 11 is 0. The lowest BCUT2D eigenvalue weighted by Crippen LogP contribution is -2.44. The molecule has 3 rings (SSSR count). The highest BCUT2D eigenvalue weighted by Gasteiger charge is 2.30. The van der Waals surface area contributed by atoms with E-state index in [1.54, 1.807) is 26.0 Å². The molecule has 0 unspecified atom stereocenters. The van der Waals surface area contributed by atoms with Crippen LogP contribution >= 0.6 is 0 Å². The van der Waals surface area contributed by atoms with Gasteiger partial charge in [-0.05, 0) is 51.0 Å². The number of rotatable bonds is 2. The Balaban J connectivity index is 1.97. The van der Waals surface area contributed by atoms with Crippen molar-refractivity contribution in [3.8, 4) is 0 Å². The SMILES string of the molecule is C[C@@H]1Cc2c([nH]c3ccc(F)cc23)CN1CC(C)(C)F. The lowest BCUT2D eigenvalue weighted by molar-refractivity contribution is 0.0853. The molecular weight excluding hydrogens is 258 g/mol. The molecule has 0 bridgehead atoms. The lowest BCUT2D eigenvalue weighted by atomic mass is 9.96. The van der Waals surface area contributed by atoms with E-state index in [2.05, 4.69) is 16.8 Å². The first kappa shape index (κ1) is 13.6. The van der Waals surface area contributed by atoms with E-state index in [0.29, 0.717) is 13.1 Å². The Labute approximate surface area is 117 Å². The van der Waals surface area contributed by atoms with Gasteiger partial charge in [-0.25, -0.2) is 8.78 Å². The number of fused-ring (bicyclic) bond motifs is 3. The van der Waals surface area contributed by atoms with Crippen molar-refractivity contribution in [2.24, 2.45) is 0 Å². The fourth-order valence-corrected chi connectivity index (χ4v) is 3.12. The van der Waals surface area contributed by atoms with E-state index < -0.39 is 5.67 Å². The molecular formula is C16H20F2N2.